The Hall–Kier alpha value is -2.10. The van der Waals surface area contributed by atoms with Crippen molar-refractivity contribution in [3.8, 4) is 0 Å². The Kier molecular flexibility index (Phi) is 2.72. The molecule has 16 heavy (non-hydrogen) atoms. The molecule has 82 valence electrons. The van der Waals surface area contributed by atoms with Crippen LogP contribution in [0.15, 0.2) is 36.5 Å². The predicted octanol–water partition coefficient (Wildman–Crippen LogP) is 1.71. The van der Waals surface area contributed by atoms with Crippen molar-refractivity contribution < 1.29 is 9.90 Å². The molecule has 0 saturated heterocycles. The van der Waals surface area contributed by atoms with Crippen LogP contribution in [-0.2, 0) is 13.5 Å². The number of carboxylic acid groups (broad SMARTS) is 1. The van der Waals surface area contributed by atoms with E-state index in [1.54, 1.807) is 13.2 Å². The van der Waals surface area contributed by atoms with Gasteiger partial charge in [-0.3, -0.25) is 4.68 Å². The first-order valence-corrected chi connectivity index (χ1v) is 4.96. The third-order valence-corrected chi connectivity index (χ3v) is 2.31. The van der Waals surface area contributed by atoms with Crippen molar-refractivity contribution >= 4 is 5.97 Å². The molecule has 4 nitrogen and oxygen atoms in total. The van der Waals surface area contributed by atoms with Crippen LogP contribution in [0.1, 0.15) is 21.6 Å². The molecule has 3 rings (SSSR count). The van der Waals surface area contributed by atoms with Crippen molar-refractivity contribution in [3.05, 3.63) is 53.3 Å². The summed E-state index contributed by atoms with van der Waals surface area (Å²) in [5.74, 6) is -0.990. The second-order valence-electron chi connectivity index (χ2n) is 3.63. The van der Waals surface area contributed by atoms with Crippen LogP contribution in [0.3, 0.4) is 0 Å². The van der Waals surface area contributed by atoms with Gasteiger partial charge in [-0.05, 0) is 23.6 Å². The van der Waals surface area contributed by atoms with Crippen molar-refractivity contribution in [1.29, 1.82) is 0 Å². The topological polar surface area (TPSA) is 55.1 Å². The van der Waals surface area contributed by atoms with Crippen molar-refractivity contribution in [2.75, 3.05) is 0 Å². The smallest absolute Gasteiger partial charge is 0.356 e. The van der Waals surface area contributed by atoms with Gasteiger partial charge in [0.1, 0.15) is 0 Å². The van der Waals surface area contributed by atoms with Crippen LogP contribution in [0.5, 0.6) is 0 Å². The first-order chi connectivity index (χ1) is 7.66. The number of rotatable bonds is 1. The van der Waals surface area contributed by atoms with Crippen LogP contribution < -0.4 is 0 Å². The highest BCUT2D eigenvalue weighted by Crippen LogP contribution is 2.25. The summed E-state index contributed by atoms with van der Waals surface area (Å²) < 4.78 is 1.45. The van der Waals surface area contributed by atoms with Crippen LogP contribution in [0, 0.1) is 0 Å². The van der Waals surface area contributed by atoms with E-state index in [0.29, 0.717) is 0 Å². The Balaban J connectivity index is 0.000000123. The van der Waals surface area contributed by atoms with Crippen molar-refractivity contribution in [1.82, 2.24) is 9.78 Å². The number of aromatic carboxylic acids is 1. The van der Waals surface area contributed by atoms with Gasteiger partial charge < -0.3 is 5.11 Å². The normalized spacial score (nSPS) is 11.1. The number of aromatic nitrogens is 2. The molecule has 1 aromatic heterocycles. The summed E-state index contributed by atoms with van der Waals surface area (Å²) in [6, 6.07) is 9.98. The number of hydrogen-bond acceptors (Lipinski definition) is 2. The Morgan fingerprint density at radius 3 is 2.25 bits per heavy atom. The number of benzene rings is 1. The molecular formula is C12H12N2O2. The van der Waals surface area contributed by atoms with Gasteiger partial charge in [0.15, 0.2) is 5.69 Å². The van der Waals surface area contributed by atoms with E-state index in [9.17, 15) is 4.79 Å². The van der Waals surface area contributed by atoms with E-state index < -0.39 is 5.97 Å². The second kappa shape index (κ2) is 4.18. The summed E-state index contributed by atoms with van der Waals surface area (Å²) in [5.41, 5.74) is 3.14. The molecular weight excluding hydrogens is 204 g/mol. The van der Waals surface area contributed by atoms with E-state index in [4.69, 9.17) is 5.11 Å². The Morgan fingerprint density at radius 2 is 1.94 bits per heavy atom. The van der Waals surface area contributed by atoms with E-state index in [2.05, 4.69) is 29.4 Å². The van der Waals surface area contributed by atoms with E-state index in [1.807, 2.05) is 0 Å². The summed E-state index contributed by atoms with van der Waals surface area (Å²) in [7, 11) is 1.67. The molecule has 0 atom stereocenters. The Bertz CT molecular complexity index is 496. The van der Waals surface area contributed by atoms with Crippen molar-refractivity contribution in [2.45, 2.75) is 6.42 Å². The molecule has 0 aliphatic heterocycles. The Labute approximate surface area is 93.1 Å². The van der Waals surface area contributed by atoms with Crippen LogP contribution in [0.4, 0.5) is 0 Å². The molecule has 1 heterocycles. The minimum atomic E-state index is -0.990. The fraction of sp³-hybridized carbons (Fsp3) is 0.167. The lowest BCUT2D eigenvalue weighted by molar-refractivity contribution is 0.0689. The van der Waals surface area contributed by atoms with Crippen LogP contribution >= 0.6 is 0 Å². The summed E-state index contributed by atoms with van der Waals surface area (Å²) in [5, 5.41) is 11.9. The lowest BCUT2D eigenvalue weighted by atomic mass is 10.4. The average Bonchev–Trinajstić information content (AvgIpc) is 2.93. The van der Waals surface area contributed by atoms with E-state index in [1.165, 1.54) is 28.3 Å². The van der Waals surface area contributed by atoms with Gasteiger partial charge in [0.2, 0.25) is 0 Å². The lowest BCUT2D eigenvalue weighted by Crippen LogP contribution is -1.98. The number of aryl methyl sites for hydroxylation is 1. The van der Waals surface area contributed by atoms with Crippen molar-refractivity contribution in [3.63, 3.8) is 0 Å². The zero-order valence-electron chi connectivity index (χ0n) is 8.92. The quantitative estimate of drug-likeness (QED) is 0.673. The molecule has 1 N–H and O–H groups in total. The van der Waals surface area contributed by atoms with Gasteiger partial charge in [-0.2, -0.15) is 5.10 Å². The van der Waals surface area contributed by atoms with Crippen LogP contribution in [0.2, 0.25) is 0 Å². The van der Waals surface area contributed by atoms with Crippen LogP contribution in [-0.4, -0.2) is 20.9 Å². The minimum Gasteiger partial charge on any atom is -0.476 e. The first kappa shape index (κ1) is 10.4. The highest BCUT2D eigenvalue weighted by molar-refractivity contribution is 5.84. The summed E-state index contributed by atoms with van der Waals surface area (Å²) >= 11 is 0. The van der Waals surface area contributed by atoms with Gasteiger partial charge in [-0.15, -0.1) is 0 Å². The van der Waals surface area contributed by atoms with Gasteiger partial charge in [0, 0.05) is 13.2 Å². The first-order valence-electron chi connectivity index (χ1n) is 4.96. The molecule has 1 aliphatic rings. The van der Waals surface area contributed by atoms with Crippen LogP contribution in [0.25, 0.3) is 0 Å². The minimum absolute atomic E-state index is 0.0810. The standard InChI is InChI=1S/C7H6.C5H6N2O2/c1-2-4-7-5-6(7)3-1;1-7-3-2-4(6-7)5(8)9/h1-4H,5H2;2-3H,1H3,(H,8,9). The molecule has 2 aromatic rings. The van der Waals surface area contributed by atoms with E-state index >= 15 is 0 Å². The number of carboxylic acids is 1. The third-order valence-electron chi connectivity index (χ3n) is 2.31. The number of hydrogen-bond donors (Lipinski definition) is 1. The fourth-order valence-corrected chi connectivity index (χ4v) is 1.37. The van der Waals surface area contributed by atoms with Crippen molar-refractivity contribution in [2.24, 2.45) is 7.05 Å². The van der Waals surface area contributed by atoms with E-state index in [-0.39, 0.29) is 5.69 Å². The third kappa shape index (κ3) is 2.48. The largest absolute Gasteiger partial charge is 0.476 e. The van der Waals surface area contributed by atoms with Gasteiger partial charge in [0.05, 0.1) is 0 Å². The molecule has 0 amide bonds. The molecule has 0 fully saturated rings. The SMILES string of the molecule is Cn1ccc(C(=O)O)n1.c1ccc2c(c1)C2. The molecule has 0 spiro atoms. The molecule has 0 unspecified atom stereocenters. The zero-order valence-corrected chi connectivity index (χ0v) is 8.92. The number of fused-ring (bicyclic) bond motifs is 1. The molecule has 1 aromatic carbocycles. The van der Waals surface area contributed by atoms with Gasteiger partial charge in [0.25, 0.3) is 0 Å². The maximum absolute atomic E-state index is 10.1. The molecule has 0 radical (unpaired) electrons. The molecule has 0 saturated carbocycles. The maximum atomic E-state index is 10.1. The average molecular weight is 216 g/mol. The molecule has 0 bridgehead atoms. The summed E-state index contributed by atoms with van der Waals surface area (Å²) in [4.78, 5) is 10.1. The lowest BCUT2D eigenvalue weighted by Gasteiger charge is -1.83. The maximum Gasteiger partial charge on any atom is 0.356 e. The number of nitrogens with zero attached hydrogens (tertiary/aromatic N) is 2. The second-order valence-corrected chi connectivity index (χ2v) is 3.63. The zero-order chi connectivity index (χ0) is 11.5. The predicted molar refractivity (Wildman–Crippen MR) is 59.4 cm³/mol. The van der Waals surface area contributed by atoms with Gasteiger partial charge in [-0.25, -0.2) is 4.79 Å². The summed E-state index contributed by atoms with van der Waals surface area (Å²) in [6.07, 6.45) is 2.83. The molecule has 1 aliphatic carbocycles. The van der Waals surface area contributed by atoms with Gasteiger partial charge >= 0.3 is 5.97 Å². The Morgan fingerprint density at radius 1 is 1.31 bits per heavy atom. The van der Waals surface area contributed by atoms with Gasteiger partial charge in [-0.1, -0.05) is 24.3 Å². The molecule has 4 heteroatoms. The summed E-state index contributed by atoms with van der Waals surface area (Å²) in [6.45, 7) is 0. The highest BCUT2D eigenvalue weighted by Gasteiger charge is 2.12. The fourth-order valence-electron chi connectivity index (χ4n) is 1.37. The highest BCUT2D eigenvalue weighted by atomic mass is 16.4. The number of carbonyl (C=O) groups is 1. The van der Waals surface area contributed by atoms with E-state index in [0.717, 1.165) is 0 Å². The monoisotopic (exact) mass is 216 g/mol.